The lowest BCUT2D eigenvalue weighted by atomic mass is 10.1. The quantitative estimate of drug-likeness (QED) is 0.281. The average Bonchev–Trinajstić information content (AvgIpc) is 3.41. The lowest BCUT2D eigenvalue weighted by Gasteiger charge is -2.17. The molecule has 4 aromatic rings. The third-order valence-corrected chi connectivity index (χ3v) is 6.04. The summed E-state index contributed by atoms with van der Waals surface area (Å²) in [5.74, 6) is -2.74. The predicted molar refractivity (Wildman–Crippen MR) is 129 cm³/mol. The number of rotatable bonds is 8. The van der Waals surface area contributed by atoms with Crippen LogP contribution in [0.2, 0.25) is 10.0 Å². The number of nitrogens with zero attached hydrogens (tertiary/aromatic N) is 7. The summed E-state index contributed by atoms with van der Waals surface area (Å²) in [5, 5.41) is 38.4. The molecule has 2 unspecified atom stereocenters. The Kier molecular flexibility index (Phi) is 7.53. The molecule has 0 radical (unpaired) electrons. The first-order valence-electron chi connectivity index (χ1n) is 10.9. The van der Waals surface area contributed by atoms with Crippen molar-refractivity contribution in [1.29, 1.82) is 0 Å². The van der Waals surface area contributed by atoms with Crippen molar-refractivity contribution in [1.82, 2.24) is 34.1 Å². The number of halogens is 5. The largest absolute Gasteiger partial charge is 0.479 e. The molecule has 12 nitrogen and oxygen atoms in total. The fraction of sp³-hybridized carbons (Fsp3) is 0.273. The molecule has 3 heterocycles. The average molecular weight is 588 g/mol. The van der Waals surface area contributed by atoms with Crippen LogP contribution in [-0.2, 0) is 23.5 Å². The minimum atomic E-state index is -5.02. The highest BCUT2D eigenvalue weighted by molar-refractivity contribution is 6.32. The van der Waals surface area contributed by atoms with E-state index in [1.165, 1.54) is 42.6 Å². The number of carbonyl (C=O) groups is 1. The summed E-state index contributed by atoms with van der Waals surface area (Å²) < 4.78 is 41.5. The highest BCUT2D eigenvalue weighted by Crippen LogP contribution is 2.26. The first kappa shape index (κ1) is 28.2. The molecule has 39 heavy (non-hydrogen) atoms. The van der Waals surface area contributed by atoms with E-state index in [-0.39, 0.29) is 28.1 Å². The van der Waals surface area contributed by atoms with Gasteiger partial charge in [0.05, 0.1) is 11.6 Å². The molecule has 0 aliphatic heterocycles. The van der Waals surface area contributed by atoms with Gasteiger partial charge in [0.25, 0.3) is 0 Å². The second-order valence-corrected chi connectivity index (χ2v) is 9.23. The third kappa shape index (κ3) is 5.66. The van der Waals surface area contributed by atoms with Gasteiger partial charge in [-0.3, -0.25) is 4.57 Å². The number of aliphatic hydroxyl groups excluding tert-OH is 1. The Bertz CT molecular complexity index is 1580. The Morgan fingerprint density at radius 2 is 1.79 bits per heavy atom. The molecule has 206 valence electrons. The molecule has 0 saturated carbocycles. The maximum Gasteiger partial charge on any atom is 0.416 e. The number of aliphatic hydroxyl groups is 2. The Morgan fingerprint density at radius 3 is 2.38 bits per heavy atom. The van der Waals surface area contributed by atoms with Gasteiger partial charge >= 0.3 is 17.8 Å². The number of alkyl halides is 3. The normalized spacial score (nSPS) is 14.3. The van der Waals surface area contributed by atoms with Crippen molar-refractivity contribution in [2.45, 2.75) is 37.9 Å². The number of aliphatic carboxylic acids is 1. The highest BCUT2D eigenvalue weighted by Gasteiger charge is 2.41. The molecule has 0 saturated heterocycles. The van der Waals surface area contributed by atoms with Crippen molar-refractivity contribution in [3.63, 3.8) is 0 Å². The van der Waals surface area contributed by atoms with Gasteiger partial charge in [0.15, 0.2) is 29.4 Å². The van der Waals surface area contributed by atoms with Gasteiger partial charge < -0.3 is 15.3 Å². The molecule has 0 aliphatic carbocycles. The van der Waals surface area contributed by atoms with Gasteiger partial charge in [-0.05, 0) is 43.3 Å². The summed E-state index contributed by atoms with van der Waals surface area (Å²) in [5.41, 5.74) is -3.42. The van der Waals surface area contributed by atoms with Crippen molar-refractivity contribution in [2.24, 2.45) is 0 Å². The van der Waals surface area contributed by atoms with E-state index in [0.717, 1.165) is 16.3 Å². The predicted octanol–water partition coefficient (Wildman–Crippen LogP) is 2.26. The molecular formula is C22H18Cl2F3N7O5. The molecule has 0 spiro atoms. The zero-order valence-electron chi connectivity index (χ0n) is 19.7. The van der Waals surface area contributed by atoms with Crippen LogP contribution in [-0.4, -0.2) is 67.7 Å². The second-order valence-electron chi connectivity index (χ2n) is 8.39. The maximum absolute atomic E-state index is 13.1. The molecule has 0 aliphatic rings. The number of aromatic nitrogens is 7. The van der Waals surface area contributed by atoms with E-state index in [4.69, 9.17) is 23.2 Å². The smallest absolute Gasteiger partial charge is 0.416 e. The minimum Gasteiger partial charge on any atom is -0.479 e. The van der Waals surface area contributed by atoms with Crippen LogP contribution in [0.3, 0.4) is 0 Å². The summed E-state index contributed by atoms with van der Waals surface area (Å²) in [7, 11) is 0. The fourth-order valence-electron chi connectivity index (χ4n) is 3.44. The van der Waals surface area contributed by atoms with Crippen LogP contribution in [0, 0.1) is 0 Å². The van der Waals surface area contributed by atoms with Crippen molar-refractivity contribution in [2.75, 3.05) is 0 Å². The summed E-state index contributed by atoms with van der Waals surface area (Å²) in [6.45, 7) is -0.784. The monoisotopic (exact) mass is 587 g/mol. The van der Waals surface area contributed by atoms with Crippen molar-refractivity contribution < 1.29 is 33.3 Å². The van der Waals surface area contributed by atoms with Gasteiger partial charge in [-0.25, -0.2) is 24.2 Å². The molecule has 0 amide bonds. The van der Waals surface area contributed by atoms with Gasteiger partial charge in [0.2, 0.25) is 5.60 Å². The van der Waals surface area contributed by atoms with E-state index in [2.05, 4.69) is 20.2 Å². The van der Waals surface area contributed by atoms with Crippen LogP contribution < -0.4 is 5.69 Å². The molecule has 3 aromatic heterocycles. The number of carboxylic acid groups (broad SMARTS) is 1. The lowest BCUT2D eigenvalue weighted by molar-refractivity contribution is -0.207. The first-order valence-corrected chi connectivity index (χ1v) is 11.7. The lowest BCUT2D eigenvalue weighted by Crippen LogP contribution is -2.37. The molecule has 0 bridgehead atoms. The van der Waals surface area contributed by atoms with Gasteiger partial charge in [0, 0.05) is 16.8 Å². The molecule has 1 aromatic carbocycles. The van der Waals surface area contributed by atoms with Crippen LogP contribution in [0.5, 0.6) is 0 Å². The Morgan fingerprint density at radius 1 is 1.13 bits per heavy atom. The van der Waals surface area contributed by atoms with E-state index >= 15 is 0 Å². The van der Waals surface area contributed by atoms with Crippen LogP contribution in [0.15, 0.2) is 47.4 Å². The standard InChI is InChI=1S/C22H18Cl2F3N7O5/c1-21(39,19(36)37)18-29-15(30-34(18)17-13(24)3-2-8-28-17)10-33-20(38)32(9-14(35)22(25,26)27)16(31-33)11-4-6-12(23)7-5-11/h2-8,14,35,39H,9-10H2,1H3,(H,36,37). The van der Waals surface area contributed by atoms with E-state index in [9.17, 15) is 38.1 Å². The second kappa shape index (κ2) is 10.4. The highest BCUT2D eigenvalue weighted by atomic mass is 35.5. The summed E-state index contributed by atoms with van der Waals surface area (Å²) in [6, 6.07) is 8.64. The molecular weight excluding hydrogens is 570 g/mol. The number of hydrogen-bond acceptors (Lipinski definition) is 8. The van der Waals surface area contributed by atoms with Crippen molar-refractivity contribution in [3.05, 3.63) is 74.8 Å². The summed E-state index contributed by atoms with van der Waals surface area (Å²) >= 11 is 12.1. The van der Waals surface area contributed by atoms with Gasteiger partial charge in [-0.1, -0.05) is 23.2 Å². The van der Waals surface area contributed by atoms with E-state index < -0.39 is 48.5 Å². The van der Waals surface area contributed by atoms with E-state index in [1.807, 2.05) is 0 Å². The summed E-state index contributed by atoms with van der Waals surface area (Å²) in [6.07, 6.45) is -6.56. The third-order valence-electron chi connectivity index (χ3n) is 5.49. The molecule has 3 N–H and O–H groups in total. The number of benzene rings is 1. The fourth-order valence-corrected chi connectivity index (χ4v) is 3.77. The Labute approximate surface area is 226 Å². The minimum absolute atomic E-state index is 0.0315. The van der Waals surface area contributed by atoms with Crippen LogP contribution >= 0.6 is 23.2 Å². The number of pyridine rings is 1. The van der Waals surface area contributed by atoms with E-state index in [1.54, 1.807) is 0 Å². The maximum atomic E-state index is 13.1. The molecule has 17 heteroatoms. The zero-order valence-corrected chi connectivity index (χ0v) is 21.2. The molecule has 0 fully saturated rings. The number of carboxylic acids is 1. The van der Waals surface area contributed by atoms with Gasteiger partial charge in [0.1, 0.15) is 6.54 Å². The molecule has 2 atom stereocenters. The van der Waals surface area contributed by atoms with Crippen LogP contribution in [0.4, 0.5) is 13.2 Å². The Balaban J connectivity index is 1.83. The summed E-state index contributed by atoms with van der Waals surface area (Å²) in [4.78, 5) is 33.0. The van der Waals surface area contributed by atoms with Crippen LogP contribution in [0.1, 0.15) is 18.6 Å². The molecule has 4 rings (SSSR count). The van der Waals surface area contributed by atoms with Gasteiger partial charge in [-0.15, -0.1) is 10.2 Å². The zero-order chi connectivity index (χ0) is 28.7. The van der Waals surface area contributed by atoms with E-state index in [0.29, 0.717) is 9.59 Å². The van der Waals surface area contributed by atoms with Crippen molar-refractivity contribution >= 4 is 29.2 Å². The van der Waals surface area contributed by atoms with Crippen molar-refractivity contribution in [3.8, 4) is 17.2 Å². The van der Waals surface area contributed by atoms with Gasteiger partial charge in [-0.2, -0.15) is 17.9 Å². The Hall–Kier alpha value is -3.79. The topological polar surface area (TPSA) is 161 Å². The first-order chi connectivity index (χ1) is 18.2. The number of hydrogen-bond donors (Lipinski definition) is 3. The SMILES string of the molecule is CC(O)(C(=O)O)c1nc(Cn2nc(-c3ccc(Cl)cc3)n(CC(O)C(F)(F)F)c2=O)nn1-c1ncccc1Cl. The van der Waals surface area contributed by atoms with Crippen LogP contribution in [0.25, 0.3) is 17.2 Å².